The number of aromatic nitrogens is 1. The Balaban J connectivity index is 1.43. The van der Waals surface area contributed by atoms with Gasteiger partial charge in [-0.15, -0.1) is 11.3 Å². The van der Waals surface area contributed by atoms with Gasteiger partial charge in [-0.25, -0.2) is 4.98 Å². The van der Waals surface area contributed by atoms with Crippen molar-refractivity contribution < 1.29 is 14.3 Å². The van der Waals surface area contributed by atoms with E-state index >= 15 is 0 Å². The Labute approximate surface area is 160 Å². The number of carbonyl (C=O) groups is 2. The van der Waals surface area contributed by atoms with Crippen molar-refractivity contribution in [3.8, 4) is 0 Å². The van der Waals surface area contributed by atoms with Crippen molar-refractivity contribution in [1.82, 2.24) is 15.8 Å². The van der Waals surface area contributed by atoms with E-state index in [4.69, 9.17) is 16.3 Å². The van der Waals surface area contributed by atoms with Crippen LogP contribution < -0.4 is 15.8 Å². The lowest BCUT2D eigenvalue weighted by Crippen LogP contribution is -2.42. The van der Waals surface area contributed by atoms with E-state index in [9.17, 15) is 9.59 Å². The number of morpholine rings is 1. The molecule has 9 heteroatoms. The average Bonchev–Trinajstić information content (AvgIpc) is 3.17. The van der Waals surface area contributed by atoms with Crippen LogP contribution in [-0.4, -0.2) is 43.1 Å². The summed E-state index contributed by atoms with van der Waals surface area (Å²) in [6, 6.07) is 7.31. The zero-order valence-electron chi connectivity index (χ0n) is 14.0. The third-order valence-electron chi connectivity index (χ3n) is 3.88. The number of thiazole rings is 1. The molecule has 7 nitrogen and oxygen atoms in total. The summed E-state index contributed by atoms with van der Waals surface area (Å²) in [5.74, 6) is -0.697. The maximum absolute atomic E-state index is 12.1. The first-order valence-electron chi connectivity index (χ1n) is 8.23. The first kappa shape index (κ1) is 18.6. The molecule has 2 heterocycles. The molecule has 0 aliphatic carbocycles. The molecule has 1 aliphatic heterocycles. The number of rotatable bonds is 5. The molecule has 1 aromatic carbocycles. The van der Waals surface area contributed by atoms with Crippen LogP contribution in [0.25, 0.3) is 0 Å². The smallest absolute Gasteiger partial charge is 0.289 e. The molecule has 1 fully saturated rings. The summed E-state index contributed by atoms with van der Waals surface area (Å²) < 4.78 is 5.30. The molecule has 1 aliphatic rings. The molecule has 2 aromatic rings. The number of ether oxygens (including phenoxy) is 1. The molecule has 26 heavy (non-hydrogen) atoms. The molecule has 1 saturated heterocycles. The Morgan fingerprint density at radius 1 is 1.19 bits per heavy atom. The number of amides is 2. The van der Waals surface area contributed by atoms with Crippen LogP contribution >= 0.6 is 22.9 Å². The van der Waals surface area contributed by atoms with Crippen molar-refractivity contribution in [3.05, 3.63) is 45.9 Å². The minimum absolute atomic E-state index is 0.262. The molecule has 2 N–H and O–H groups in total. The van der Waals surface area contributed by atoms with Crippen molar-refractivity contribution in [2.45, 2.75) is 12.8 Å². The number of nitrogens with one attached hydrogen (secondary N) is 2. The Hall–Kier alpha value is -2.16. The van der Waals surface area contributed by atoms with Crippen LogP contribution in [0.2, 0.25) is 5.02 Å². The van der Waals surface area contributed by atoms with Gasteiger partial charge in [-0.05, 0) is 24.1 Å². The minimum atomic E-state index is -0.430. The third-order valence-corrected chi connectivity index (χ3v) is 5.03. The summed E-state index contributed by atoms with van der Waals surface area (Å²) in [4.78, 5) is 30.4. The lowest BCUT2D eigenvalue weighted by molar-refractivity contribution is -0.121. The molecular weight excluding hydrogens is 376 g/mol. The maximum Gasteiger partial charge on any atom is 0.289 e. The molecule has 0 spiro atoms. The number of aryl methyl sites for hydroxylation is 1. The van der Waals surface area contributed by atoms with Gasteiger partial charge in [-0.1, -0.05) is 23.7 Å². The highest BCUT2D eigenvalue weighted by molar-refractivity contribution is 7.13. The second-order valence-corrected chi connectivity index (χ2v) is 7.02. The normalized spacial score (nSPS) is 14.1. The predicted octanol–water partition coefficient (Wildman–Crippen LogP) is 2.03. The monoisotopic (exact) mass is 394 g/mol. The second kappa shape index (κ2) is 8.98. The van der Waals surface area contributed by atoms with Crippen LogP contribution in [0, 0.1) is 0 Å². The minimum Gasteiger partial charge on any atom is -0.378 e. The molecule has 138 valence electrons. The first-order valence-corrected chi connectivity index (χ1v) is 9.49. The zero-order valence-corrected chi connectivity index (χ0v) is 15.6. The second-order valence-electron chi connectivity index (χ2n) is 5.74. The van der Waals surface area contributed by atoms with Crippen molar-refractivity contribution in [3.63, 3.8) is 0 Å². The number of carbonyl (C=O) groups excluding carboxylic acids is 2. The van der Waals surface area contributed by atoms with Crippen LogP contribution in [0.4, 0.5) is 5.13 Å². The van der Waals surface area contributed by atoms with E-state index in [-0.39, 0.29) is 18.0 Å². The van der Waals surface area contributed by atoms with E-state index in [1.54, 1.807) is 17.5 Å². The first-order chi connectivity index (χ1) is 12.6. The number of hydrogen-bond acceptors (Lipinski definition) is 6. The van der Waals surface area contributed by atoms with Crippen molar-refractivity contribution in [2.24, 2.45) is 0 Å². The van der Waals surface area contributed by atoms with Gasteiger partial charge in [0.2, 0.25) is 5.91 Å². The Morgan fingerprint density at radius 2 is 1.92 bits per heavy atom. The number of hydrazine groups is 1. The summed E-state index contributed by atoms with van der Waals surface area (Å²) in [6.45, 7) is 2.83. The third kappa shape index (κ3) is 5.17. The van der Waals surface area contributed by atoms with Crippen LogP contribution in [0.15, 0.2) is 29.6 Å². The lowest BCUT2D eigenvalue weighted by Gasteiger charge is -2.25. The van der Waals surface area contributed by atoms with Crippen LogP contribution in [-0.2, 0) is 16.0 Å². The van der Waals surface area contributed by atoms with Gasteiger partial charge in [-0.3, -0.25) is 20.4 Å². The summed E-state index contributed by atoms with van der Waals surface area (Å²) in [5, 5.41) is 3.12. The quantitative estimate of drug-likeness (QED) is 0.758. The lowest BCUT2D eigenvalue weighted by atomic mass is 10.1. The van der Waals surface area contributed by atoms with Crippen LogP contribution in [0.5, 0.6) is 0 Å². The molecule has 0 radical (unpaired) electrons. The van der Waals surface area contributed by atoms with Crippen LogP contribution in [0.3, 0.4) is 0 Å². The van der Waals surface area contributed by atoms with Gasteiger partial charge in [0, 0.05) is 29.9 Å². The van der Waals surface area contributed by atoms with Gasteiger partial charge in [0.1, 0.15) is 5.69 Å². The van der Waals surface area contributed by atoms with E-state index < -0.39 is 5.91 Å². The largest absolute Gasteiger partial charge is 0.378 e. The highest BCUT2D eigenvalue weighted by Crippen LogP contribution is 2.21. The molecule has 1 aromatic heterocycles. The fourth-order valence-electron chi connectivity index (χ4n) is 2.43. The van der Waals surface area contributed by atoms with Gasteiger partial charge >= 0.3 is 0 Å². The van der Waals surface area contributed by atoms with E-state index in [2.05, 4.69) is 20.7 Å². The molecule has 0 atom stereocenters. The number of benzene rings is 1. The van der Waals surface area contributed by atoms with Gasteiger partial charge in [0.05, 0.1) is 13.2 Å². The Morgan fingerprint density at radius 3 is 2.65 bits per heavy atom. The standard InChI is InChI=1S/C17H19ClN4O3S/c18-13-4-1-12(2-5-13)3-6-15(23)20-21-16(24)14-11-26-17(19-14)22-7-9-25-10-8-22/h1-2,4-5,11H,3,6-10H2,(H,20,23)(H,21,24). The average molecular weight is 395 g/mol. The molecule has 0 saturated carbocycles. The summed E-state index contributed by atoms with van der Waals surface area (Å²) in [7, 11) is 0. The highest BCUT2D eigenvalue weighted by Gasteiger charge is 2.17. The summed E-state index contributed by atoms with van der Waals surface area (Å²) >= 11 is 7.23. The van der Waals surface area contributed by atoms with E-state index in [0.717, 1.165) is 23.8 Å². The Kier molecular flexibility index (Phi) is 6.43. The fraction of sp³-hybridized carbons (Fsp3) is 0.353. The van der Waals surface area contributed by atoms with Crippen LogP contribution in [0.1, 0.15) is 22.5 Å². The highest BCUT2D eigenvalue weighted by atomic mass is 35.5. The van der Waals surface area contributed by atoms with Gasteiger partial charge in [0.25, 0.3) is 5.91 Å². The molecular formula is C17H19ClN4O3S. The van der Waals surface area contributed by atoms with Gasteiger partial charge in [0.15, 0.2) is 5.13 Å². The number of halogens is 1. The molecule has 0 bridgehead atoms. The zero-order chi connectivity index (χ0) is 18.4. The SMILES string of the molecule is O=C(CCc1ccc(Cl)cc1)NNC(=O)c1csc(N2CCOCC2)n1. The summed E-state index contributed by atoms with van der Waals surface area (Å²) in [6.07, 6.45) is 0.828. The van der Waals surface area contributed by atoms with E-state index in [1.165, 1.54) is 11.3 Å². The maximum atomic E-state index is 12.1. The van der Waals surface area contributed by atoms with Gasteiger partial charge < -0.3 is 9.64 Å². The van der Waals surface area contributed by atoms with Crippen molar-refractivity contribution in [2.75, 3.05) is 31.2 Å². The topological polar surface area (TPSA) is 83.6 Å². The van der Waals surface area contributed by atoms with Crippen molar-refractivity contribution >= 4 is 39.9 Å². The number of hydrogen-bond donors (Lipinski definition) is 2. The molecule has 2 amide bonds. The number of nitrogens with zero attached hydrogens (tertiary/aromatic N) is 2. The molecule has 0 unspecified atom stereocenters. The predicted molar refractivity (Wildman–Crippen MR) is 101 cm³/mol. The Bertz CT molecular complexity index is 760. The molecule has 3 rings (SSSR count). The van der Waals surface area contributed by atoms with Gasteiger partial charge in [-0.2, -0.15) is 0 Å². The summed E-state index contributed by atoms with van der Waals surface area (Å²) in [5.41, 5.74) is 6.11. The fourth-order valence-corrected chi connectivity index (χ4v) is 3.42. The van der Waals surface area contributed by atoms with E-state index in [0.29, 0.717) is 24.7 Å². The van der Waals surface area contributed by atoms with E-state index in [1.807, 2.05) is 12.1 Å². The number of anilines is 1. The van der Waals surface area contributed by atoms with Crippen molar-refractivity contribution in [1.29, 1.82) is 0 Å².